The van der Waals surface area contributed by atoms with Crippen molar-refractivity contribution in [3.8, 4) is 10.6 Å². The summed E-state index contributed by atoms with van der Waals surface area (Å²) in [5, 5.41) is 13.8. The highest BCUT2D eigenvalue weighted by atomic mass is 35.5. The molecule has 0 aliphatic rings. The van der Waals surface area contributed by atoms with Gasteiger partial charge in [0, 0.05) is 16.3 Å². The van der Waals surface area contributed by atoms with Crippen LogP contribution in [0.4, 0.5) is 5.69 Å². The van der Waals surface area contributed by atoms with Gasteiger partial charge >= 0.3 is 0 Å². The number of nitrogen functional groups attached to an aromatic ring is 1. The van der Waals surface area contributed by atoms with E-state index in [9.17, 15) is 0 Å². The highest BCUT2D eigenvalue weighted by Gasteiger charge is 2.12. The molecule has 2 heterocycles. The molecule has 3 rings (SSSR count). The number of benzene rings is 1. The Morgan fingerprint density at radius 2 is 2.18 bits per heavy atom. The number of nitrogens with zero attached hydrogens (tertiary/aromatic N) is 4. The fourth-order valence-electron chi connectivity index (χ4n) is 1.55. The molecule has 0 aliphatic carbocycles. The lowest BCUT2D eigenvalue weighted by atomic mass is 10.2. The van der Waals surface area contributed by atoms with E-state index in [2.05, 4.69) is 15.3 Å². The van der Waals surface area contributed by atoms with Crippen molar-refractivity contribution in [1.82, 2.24) is 19.8 Å². The molecule has 2 aromatic heterocycles. The van der Waals surface area contributed by atoms with Gasteiger partial charge in [-0.25, -0.2) is 0 Å². The quantitative estimate of drug-likeness (QED) is 0.686. The molecule has 0 amide bonds. The third-order valence-electron chi connectivity index (χ3n) is 2.39. The van der Waals surface area contributed by atoms with Crippen molar-refractivity contribution in [3.63, 3.8) is 0 Å². The molecule has 2 N–H and O–H groups in total. The van der Waals surface area contributed by atoms with E-state index in [0.29, 0.717) is 10.7 Å². The molecule has 0 atom stereocenters. The van der Waals surface area contributed by atoms with E-state index in [1.54, 1.807) is 16.6 Å². The van der Waals surface area contributed by atoms with Crippen LogP contribution in [0.25, 0.3) is 15.5 Å². The molecule has 0 fully saturated rings. The van der Waals surface area contributed by atoms with E-state index in [-0.39, 0.29) is 0 Å². The van der Waals surface area contributed by atoms with Crippen LogP contribution in [0.5, 0.6) is 0 Å². The molecular weight excluding hydrogens is 258 g/mol. The van der Waals surface area contributed by atoms with Crippen LogP contribution in [0, 0.1) is 6.92 Å². The largest absolute Gasteiger partial charge is 0.398 e. The number of halogens is 1. The summed E-state index contributed by atoms with van der Waals surface area (Å²) in [6.45, 7) is 1.86. The van der Waals surface area contributed by atoms with Gasteiger partial charge in [0.05, 0.1) is 0 Å². The Balaban J connectivity index is 2.20. The van der Waals surface area contributed by atoms with Gasteiger partial charge in [0.15, 0.2) is 5.82 Å². The average molecular weight is 266 g/mol. The van der Waals surface area contributed by atoms with Crippen molar-refractivity contribution >= 4 is 33.6 Å². The van der Waals surface area contributed by atoms with Gasteiger partial charge in [-0.2, -0.15) is 9.61 Å². The zero-order valence-electron chi connectivity index (χ0n) is 8.88. The molecule has 7 heteroatoms. The van der Waals surface area contributed by atoms with Gasteiger partial charge < -0.3 is 5.73 Å². The second kappa shape index (κ2) is 3.68. The molecule has 0 aliphatic heterocycles. The lowest BCUT2D eigenvalue weighted by molar-refractivity contribution is 0.898. The molecule has 3 aromatic rings. The standard InChI is InChI=1S/C10H8ClN5S/c1-5-13-14-10-16(5)15-9(17-10)7-3-2-6(11)4-8(7)12/h2-4H,12H2,1H3. The minimum atomic E-state index is 0.611. The molecule has 86 valence electrons. The third-order valence-corrected chi connectivity index (χ3v) is 3.56. The van der Waals surface area contributed by atoms with Crippen molar-refractivity contribution in [1.29, 1.82) is 0 Å². The first-order chi connectivity index (χ1) is 8.15. The number of rotatable bonds is 1. The van der Waals surface area contributed by atoms with Crippen molar-refractivity contribution in [2.45, 2.75) is 6.92 Å². The first kappa shape index (κ1) is 10.5. The number of fused-ring (bicyclic) bond motifs is 1. The van der Waals surface area contributed by atoms with Crippen LogP contribution in [0.2, 0.25) is 5.02 Å². The Bertz CT molecular complexity index is 702. The number of aryl methyl sites for hydroxylation is 1. The minimum absolute atomic E-state index is 0.611. The van der Waals surface area contributed by atoms with E-state index in [0.717, 1.165) is 21.4 Å². The van der Waals surface area contributed by atoms with Crippen LogP contribution in [0.3, 0.4) is 0 Å². The monoisotopic (exact) mass is 265 g/mol. The molecule has 17 heavy (non-hydrogen) atoms. The van der Waals surface area contributed by atoms with Crippen LogP contribution in [-0.2, 0) is 0 Å². The summed E-state index contributed by atoms with van der Waals surface area (Å²) < 4.78 is 1.70. The second-order valence-electron chi connectivity index (χ2n) is 3.58. The van der Waals surface area contributed by atoms with Crippen molar-refractivity contribution in [3.05, 3.63) is 29.0 Å². The number of aromatic nitrogens is 4. The van der Waals surface area contributed by atoms with E-state index in [4.69, 9.17) is 17.3 Å². The summed E-state index contributed by atoms with van der Waals surface area (Å²) in [6.07, 6.45) is 0. The number of anilines is 1. The lowest BCUT2D eigenvalue weighted by Crippen LogP contribution is -1.92. The normalized spacial score (nSPS) is 11.2. The Kier molecular flexibility index (Phi) is 2.27. The minimum Gasteiger partial charge on any atom is -0.398 e. The molecule has 0 bridgehead atoms. The molecule has 0 saturated heterocycles. The third kappa shape index (κ3) is 1.65. The fourth-order valence-corrected chi connectivity index (χ4v) is 2.66. The Morgan fingerprint density at radius 3 is 2.88 bits per heavy atom. The Hall–Kier alpha value is -1.66. The Morgan fingerprint density at radius 1 is 1.35 bits per heavy atom. The molecule has 0 saturated carbocycles. The number of nitrogens with two attached hydrogens (primary N) is 1. The SMILES string of the molecule is Cc1nnc2sc(-c3ccc(Cl)cc3N)nn12. The maximum absolute atomic E-state index is 5.92. The summed E-state index contributed by atoms with van der Waals surface area (Å²) >= 11 is 7.31. The van der Waals surface area contributed by atoms with Crippen LogP contribution in [-0.4, -0.2) is 19.8 Å². The van der Waals surface area contributed by atoms with E-state index >= 15 is 0 Å². The van der Waals surface area contributed by atoms with Gasteiger partial charge in [0.25, 0.3) is 0 Å². The van der Waals surface area contributed by atoms with Crippen LogP contribution < -0.4 is 5.73 Å². The summed E-state index contributed by atoms with van der Waals surface area (Å²) in [5.74, 6) is 0.759. The molecule has 0 spiro atoms. The number of hydrogen-bond acceptors (Lipinski definition) is 5. The number of hydrogen-bond donors (Lipinski definition) is 1. The lowest BCUT2D eigenvalue weighted by Gasteiger charge is -2.01. The summed E-state index contributed by atoms with van der Waals surface area (Å²) in [7, 11) is 0. The highest BCUT2D eigenvalue weighted by molar-refractivity contribution is 7.19. The van der Waals surface area contributed by atoms with Gasteiger partial charge in [-0.1, -0.05) is 22.9 Å². The van der Waals surface area contributed by atoms with Gasteiger partial charge in [-0.05, 0) is 25.1 Å². The molecule has 0 unspecified atom stereocenters. The predicted molar refractivity (Wildman–Crippen MR) is 68.3 cm³/mol. The topological polar surface area (TPSA) is 69.1 Å². The molecule has 1 aromatic carbocycles. The van der Waals surface area contributed by atoms with Gasteiger partial charge in [-0.3, -0.25) is 0 Å². The second-order valence-corrected chi connectivity index (χ2v) is 4.97. The maximum Gasteiger partial charge on any atom is 0.234 e. The van der Waals surface area contributed by atoms with Gasteiger partial charge in [0.2, 0.25) is 4.96 Å². The van der Waals surface area contributed by atoms with E-state index < -0.39 is 0 Å². The van der Waals surface area contributed by atoms with Crippen LogP contribution in [0.1, 0.15) is 5.82 Å². The fraction of sp³-hybridized carbons (Fsp3) is 0.100. The molecule has 5 nitrogen and oxygen atoms in total. The van der Waals surface area contributed by atoms with Crippen molar-refractivity contribution in [2.75, 3.05) is 5.73 Å². The predicted octanol–water partition coefficient (Wildman–Crippen LogP) is 2.40. The summed E-state index contributed by atoms with van der Waals surface area (Å²) in [4.78, 5) is 0.756. The highest BCUT2D eigenvalue weighted by Crippen LogP contribution is 2.31. The maximum atomic E-state index is 5.92. The zero-order valence-corrected chi connectivity index (χ0v) is 10.5. The first-order valence-electron chi connectivity index (χ1n) is 4.89. The van der Waals surface area contributed by atoms with Crippen molar-refractivity contribution < 1.29 is 0 Å². The molecular formula is C10H8ClN5S. The first-order valence-corrected chi connectivity index (χ1v) is 6.09. The summed E-state index contributed by atoms with van der Waals surface area (Å²) in [6, 6.07) is 5.37. The smallest absolute Gasteiger partial charge is 0.234 e. The van der Waals surface area contributed by atoms with Crippen LogP contribution in [0.15, 0.2) is 18.2 Å². The zero-order chi connectivity index (χ0) is 12.0. The summed E-state index contributed by atoms with van der Waals surface area (Å²) in [5.41, 5.74) is 7.40. The van der Waals surface area contributed by atoms with Crippen LogP contribution >= 0.6 is 22.9 Å². The van der Waals surface area contributed by atoms with Gasteiger partial charge in [-0.15, -0.1) is 10.2 Å². The van der Waals surface area contributed by atoms with Gasteiger partial charge in [0.1, 0.15) is 5.01 Å². The Labute approximate surface area is 106 Å². The molecule has 0 radical (unpaired) electrons. The van der Waals surface area contributed by atoms with Crippen molar-refractivity contribution in [2.24, 2.45) is 0 Å². The van der Waals surface area contributed by atoms with E-state index in [1.165, 1.54) is 11.3 Å². The van der Waals surface area contributed by atoms with E-state index in [1.807, 2.05) is 13.0 Å². The average Bonchev–Trinajstić information content (AvgIpc) is 2.81.